The lowest BCUT2D eigenvalue weighted by Crippen LogP contribution is -2.54. The van der Waals surface area contributed by atoms with E-state index in [-0.39, 0.29) is 6.71 Å². The Balaban J connectivity index is 1.49. The van der Waals surface area contributed by atoms with Crippen molar-refractivity contribution in [2.75, 3.05) is 12.1 Å². The molecule has 3 heterocycles. The number of pyridine rings is 1. The Labute approximate surface area is 241 Å². The molecule has 4 aromatic carbocycles. The van der Waals surface area contributed by atoms with Crippen molar-refractivity contribution < 1.29 is 0 Å². The number of benzene rings is 4. The van der Waals surface area contributed by atoms with Crippen molar-refractivity contribution in [1.29, 1.82) is 0 Å². The summed E-state index contributed by atoms with van der Waals surface area (Å²) in [5, 5.41) is 6.57. The van der Waals surface area contributed by atoms with Gasteiger partial charge in [-0.3, -0.25) is 9.58 Å². The van der Waals surface area contributed by atoms with Gasteiger partial charge in [-0.05, 0) is 57.2 Å². The van der Waals surface area contributed by atoms with Gasteiger partial charge in [0.1, 0.15) is 5.82 Å². The standard InChI is InChI=1S/C35H32BN5/c1-24-20-25(2)35(26(3)21-24)36(27-10-9-11-29(22-27)40-19-18-38-39(40)4)28-15-16-31-30-12-5-6-13-32(30)41(33(31)23-28)34-14-7-8-17-37-34/h5-23,38H,1-4H3. The van der Waals surface area contributed by atoms with Crippen LogP contribution in [0.3, 0.4) is 0 Å². The number of aromatic nitrogens is 2. The number of hydrogen-bond acceptors (Lipinski definition) is 4. The maximum atomic E-state index is 4.75. The van der Waals surface area contributed by atoms with E-state index >= 15 is 0 Å². The normalized spacial score (nSPS) is 13.3. The molecule has 0 saturated heterocycles. The number of fused-ring (bicyclic) bond motifs is 3. The van der Waals surface area contributed by atoms with Crippen LogP contribution in [0.4, 0.5) is 5.69 Å². The van der Waals surface area contributed by atoms with Gasteiger partial charge >= 0.3 is 0 Å². The van der Waals surface area contributed by atoms with Gasteiger partial charge in [-0.1, -0.05) is 93.7 Å². The summed E-state index contributed by atoms with van der Waals surface area (Å²) in [7, 11) is 2.02. The van der Waals surface area contributed by atoms with Gasteiger partial charge in [0.25, 0.3) is 0 Å². The van der Waals surface area contributed by atoms with Gasteiger partial charge in [0.2, 0.25) is 6.71 Å². The number of para-hydroxylation sites is 1. The number of aryl methyl sites for hydroxylation is 3. The Hall–Kier alpha value is -4.81. The third-order valence-electron chi connectivity index (χ3n) is 8.20. The first-order valence-corrected chi connectivity index (χ1v) is 14.1. The third kappa shape index (κ3) is 4.28. The second-order valence-corrected chi connectivity index (χ2v) is 11.0. The zero-order chi connectivity index (χ0) is 28.1. The van der Waals surface area contributed by atoms with Crippen molar-refractivity contribution in [2.45, 2.75) is 20.8 Å². The van der Waals surface area contributed by atoms with Crippen LogP contribution in [0.5, 0.6) is 0 Å². The number of nitrogens with one attached hydrogen (secondary N) is 1. The molecule has 0 unspecified atom stereocenters. The van der Waals surface area contributed by atoms with Crippen molar-refractivity contribution >= 4 is 50.6 Å². The largest absolute Gasteiger partial charge is 0.307 e. The molecule has 1 aliphatic rings. The van der Waals surface area contributed by atoms with E-state index in [0.717, 1.165) is 22.5 Å². The van der Waals surface area contributed by atoms with Gasteiger partial charge in [0, 0.05) is 36.4 Å². The van der Waals surface area contributed by atoms with E-state index in [1.54, 1.807) is 0 Å². The molecule has 0 radical (unpaired) electrons. The summed E-state index contributed by atoms with van der Waals surface area (Å²) in [5.74, 6) is 0.924. The van der Waals surface area contributed by atoms with Gasteiger partial charge < -0.3 is 5.43 Å². The topological polar surface area (TPSA) is 36.3 Å². The van der Waals surface area contributed by atoms with Gasteiger partial charge in [-0.2, -0.15) is 0 Å². The molecule has 2 aromatic heterocycles. The minimum Gasteiger partial charge on any atom is -0.307 e. The maximum absolute atomic E-state index is 4.75. The first-order valence-electron chi connectivity index (χ1n) is 14.1. The van der Waals surface area contributed by atoms with Gasteiger partial charge in [0.05, 0.1) is 16.7 Å². The Morgan fingerprint density at radius 1 is 0.707 bits per heavy atom. The van der Waals surface area contributed by atoms with E-state index in [1.165, 1.54) is 43.9 Å². The highest BCUT2D eigenvalue weighted by molar-refractivity contribution is 6.96. The van der Waals surface area contributed by atoms with Crippen molar-refractivity contribution in [3.63, 3.8) is 0 Å². The quantitative estimate of drug-likeness (QED) is 0.307. The van der Waals surface area contributed by atoms with Crippen molar-refractivity contribution in [3.05, 3.63) is 132 Å². The summed E-state index contributed by atoms with van der Waals surface area (Å²) in [5.41, 5.74) is 14.4. The van der Waals surface area contributed by atoms with Crippen LogP contribution in [0.1, 0.15) is 16.7 Å². The van der Waals surface area contributed by atoms with Crippen molar-refractivity contribution in [3.8, 4) is 5.82 Å². The predicted molar refractivity (Wildman–Crippen MR) is 173 cm³/mol. The van der Waals surface area contributed by atoms with Gasteiger partial charge in [0.15, 0.2) is 0 Å². The average molecular weight is 533 g/mol. The molecule has 41 heavy (non-hydrogen) atoms. The van der Waals surface area contributed by atoms with E-state index in [2.05, 4.69) is 127 Å². The molecular formula is C35H32BN5. The highest BCUT2D eigenvalue weighted by Crippen LogP contribution is 2.31. The summed E-state index contributed by atoms with van der Waals surface area (Å²) in [4.78, 5) is 4.75. The fourth-order valence-corrected chi connectivity index (χ4v) is 6.55. The fourth-order valence-electron chi connectivity index (χ4n) is 6.55. The SMILES string of the molecule is Cc1cc(C)c(B(c2cccc(N3C=CNN3C)c2)c2ccc3c4ccccc4n(-c4ccccn4)c3c2)c(C)c1. The summed E-state index contributed by atoms with van der Waals surface area (Å²) >= 11 is 0. The summed E-state index contributed by atoms with van der Waals surface area (Å²) in [6, 6.07) is 35.2. The summed E-state index contributed by atoms with van der Waals surface area (Å²) < 4.78 is 2.30. The highest BCUT2D eigenvalue weighted by atomic mass is 15.8. The average Bonchev–Trinajstić information content (AvgIpc) is 3.56. The molecule has 0 saturated carbocycles. The van der Waals surface area contributed by atoms with E-state index < -0.39 is 0 Å². The molecule has 0 atom stereocenters. The number of hydrogen-bond donors (Lipinski definition) is 1. The zero-order valence-electron chi connectivity index (χ0n) is 23.8. The molecule has 0 spiro atoms. The lowest BCUT2D eigenvalue weighted by Gasteiger charge is -2.26. The second-order valence-electron chi connectivity index (χ2n) is 11.0. The first kappa shape index (κ1) is 25.2. The lowest BCUT2D eigenvalue weighted by molar-refractivity contribution is 0.302. The van der Waals surface area contributed by atoms with Gasteiger partial charge in [-0.15, -0.1) is 5.12 Å². The number of anilines is 1. The molecule has 0 aliphatic carbocycles. The molecule has 0 amide bonds. The van der Waals surface area contributed by atoms with Crippen LogP contribution in [0, 0.1) is 20.8 Å². The molecule has 6 heteroatoms. The van der Waals surface area contributed by atoms with Crippen LogP contribution in [0.25, 0.3) is 27.6 Å². The third-order valence-corrected chi connectivity index (χ3v) is 8.20. The second kappa shape index (κ2) is 9.99. The van der Waals surface area contributed by atoms with E-state index in [0.29, 0.717) is 0 Å². The Morgan fingerprint density at radius 3 is 2.22 bits per heavy atom. The van der Waals surface area contributed by atoms with E-state index in [4.69, 9.17) is 4.98 Å². The molecule has 6 aromatic rings. The zero-order valence-corrected chi connectivity index (χ0v) is 23.8. The number of hydrazine groups is 2. The molecule has 1 aliphatic heterocycles. The molecule has 0 fully saturated rings. The minimum atomic E-state index is 0.0555. The maximum Gasteiger partial charge on any atom is 0.242 e. The van der Waals surface area contributed by atoms with Crippen LogP contribution in [0.15, 0.2) is 116 Å². The summed E-state index contributed by atoms with van der Waals surface area (Å²) in [6.07, 6.45) is 5.86. The van der Waals surface area contributed by atoms with Crippen LogP contribution in [0.2, 0.25) is 0 Å². The summed E-state index contributed by atoms with van der Waals surface area (Å²) in [6.45, 7) is 6.73. The first-order chi connectivity index (χ1) is 20.0. The molecule has 5 nitrogen and oxygen atoms in total. The smallest absolute Gasteiger partial charge is 0.242 e. The van der Waals surface area contributed by atoms with Crippen LogP contribution >= 0.6 is 0 Å². The Bertz CT molecular complexity index is 1920. The molecular weight excluding hydrogens is 501 g/mol. The van der Waals surface area contributed by atoms with Crippen LogP contribution < -0.4 is 26.8 Å². The van der Waals surface area contributed by atoms with E-state index in [9.17, 15) is 0 Å². The van der Waals surface area contributed by atoms with Gasteiger partial charge in [-0.25, -0.2) is 4.98 Å². The fraction of sp³-hybridized carbons (Fsp3) is 0.114. The Morgan fingerprint density at radius 2 is 1.46 bits per heavy atom. The van der Waals surface area contributed by atoms with E-state index in [1.807, 2.05) is 36.8 Å². The monoisotopic (exact) mass is 533 g/mol. The number of rotatable bonds is 5. The number of nitrogens with zero attached hydrogens (tertiary/aromatic N) is 4. The predicted octanol–water partition coefficient (Wildman–Crippen LogP) is 5.26. The molecule has 0 bridgehead atoms. The highest BCUT2D eigenvalue weighted by Gasteiger charge is 2.28. The Kier molecular flexibility index (Phi) is 6.13. The molecule has 200 valence electrons. The molecule has 7 rings (SSSR count). The lowest BCUT2D eigenvalue weighted by atomic mass is 9.35. The van der Waals surface area contributed by atoms with Crippen LogP contribution in [-0.2, 0) is 0 Å². The van der Waals surface area contributed by atoms with Crippen LogP contribution in [-0.4, -0.2) is 28.4 Å². The van der Waals surface area contributed by atoms with Crippen molar-refractivity contribution in [1.82, 2.24) is 20.1 Å². The molecule has 1 N–H and O–H groups in total. The van der Waals surface area contributed by atoms with Crippen molar-refractivity contribution in [2.24, 2.45) is 0 Å². The minimum absolute atomic E-state index is 0.0555.